The molecule has 3 amide bonds. The van der Waals surface area contributed by atoms with E-state index < -0.39 is 29.3 Å². The lowest BCUT2D eigenvalue weighted by Gasteiger charge is -2.34. The van der Waals surface area contributed by atoms with Gasteiger partial charge in [0.2, 0.25) is 5.91 Å². The van der Waals surface area contributed by atoms with Gasteiger partial charge in [-0.2, -0.15) is 18.3 Å². The maximum atomic E-state index is 14.1. The summed E-state index contributed by atoms with van der Waals surface area (Å²) in [6.45, 7) is 4.09. The number of hydrogen-bond donors (Lipinski definition) is 4. The number of halogens is 4. The molecule has 5 rings (SSSR count). The Hall–Kier alpha value is -4.76. The number of anilines is 3. The maximum Gasteiger partial charge on any atom is 0.416 e. The molecule has 11 nitrogen and oxygen atoms in total. The van der Waals surface area contributed by atoms with Crippen molar-refractivity contribution in [2.24, 2.45) is 0 Å². The van der Waals surface area contributed by atoms with Crippen LogP contribution in [0.2, 0.25) is 0 Å². The zero-order valence-corrected chi connectivity index (χ0v) is 23.0. The highest BCUT2D eigenvalue weighted by molar-refractivity contribution is 6.00. The van der Waals surface area contributed by atoms with Crippen molar-refractivity contribution in [3.8, 4) is 11.1 Å². The third-order valence-electron chi connectivity index (χ3n) is 7.28. The van der Waals surface area contributed by atoms with Crippen LogP contribution in [-0.2, 0) is 24.1 Å². The van der Waals surface area contributed by atoms with Gasteiger partial charge in [-0.25, -0.2) is 18.7 Å². The molecule has 1 aliphatic rings. The molecule has 2 aromatic carbocycles. The van der Waals surface area contributed by atoms with Crippen molar-refractivity contribution in [1.82, 2.24) is 24.4 Å². The Morgan fingerprint density at radius 2 is 1.74 bits per heavy atom. The number of nitrogen functional groups attached to an aromatic ring is 1. The zero-order chi connectivity index (χ0) is 30.9. The van der Waals surface area contributed by atoms with Crippen molar-refractivity contribution in [2.75, 3.05) is 42.5 Å². The molecule has 0 spiro atoms. The number of nitrogens with zero attached hydrogens (tertiary/aromatic N) is 5. The molecule has 3 heterocycles. The summed E-state index contributed by atoms with van der Waals surface area (Å²) in [5.74, 6) is -0.811. The number of aliphatic hydroxyl groups is 1. The van der Waals surface area contributed by atoms with Crippen LogP contribution in [0.5, 0.6) is 0 Å². The fourth-order valence-electron chi connectivity index (χ4n) is 5.10. The summed E-state index contributed by atoms with van der Waals surface area (Å²) < 4.78 is 54.7. The van der Waals surface area contributed by atoms with Gasteiger partial charge in [-0.05, 0) is 35.9 Å². The Balaban J connectivity index is 1.39. The molecule has 0 saturated carbocycles. The smallest absolute Gasteiger partial charge is 0.392 e. The van der Waals surface area contributed by atoms with Crippen LogP contribution in [0.25, 0.3) is 16.6 Å². The molecule has 1 aliphatic heterocycles. The molecule has 0 bridgehead atoms. The van der Waals surface area contributed by atoms with Crippen LogP contribution in [0, 0.1) is 5.82 Å². The predicted molar refractivity (Wildman–Crippen MR) is 150 cm³/mol. The summed E-state index contributed by atoms with van der Waals surface area (Å²) in [5, 5.41) is 19.4. The van der Waals surface area contributed by atoms with Crippen molar-refractivity contribution in [2.45, 2.75) is 26.3 Å². The largest absolute Gasteiger partial charge is 0.416 e. The van der Waals surface area contributed by atoms with E-state index in [1.807, 2.05) is 0 Å². The summed E-state index contributed by atoms with van der Waals surface area (Å²) in [7, 11) is 0. The number of aliphatic hydroxyl groups excluding tert-OH is 1. The van der Waals surface area contributed by atoms with Crippen LogP contribution < -0.4 is 16.4 Å². The Kier molecular flexibility index (Phi) is 8.19. The van der Waals surface area contributed by atoms with E-state index in [4.69, 9.17) is 5.73 Å². The third kappa shape index (κ3) is 6.22. The highest BCUT2D eigenvalue weighted by Gasteiger charge is 2.31. The number of hydrogen-bond acceptors (Lipinski definition) is 7. The summed E-state index contributed by atoms with van der Waals surface area (Å²) in [5.41, 5.74) is 7.81. The van der Waals surface area contributed by atoms with Crippen molar-refractivity contribution in [1.29, 1.82) is 0 Å². The van der Waals surface area contributed by atoms with E-state index in [0.29, 0.717) is 78.8 Å². The highest BCUT2D eigenvalue weighted by atomic mass is 19.4. The van der Waals surface area contributed by atoms with E-state index in [0.717, 1.165) is 0 Å². The number of urea groups is 1. The number of carbonyl (C=O) groups excluding carboxylic acids is 2. The second kappa shape index (κ2) is 11.9. The first-order valence-electron chi connectivity index (χ1n) is 13.2. The molecule has 43 heavy (non-hydrogen) atoms. The average molecular weight is 601 g/mol. The van der Waals surface area contributed by atoms with Gasteiger partial charge in [0.05, 0.1) is 23.6 Å². The molecule has 5 N–H and O–H groups in total. The van der Waals surface area contributed by atoms with E-state index in [-0.39, 0.29) is 24.0 Å². The summed E-state index contributed by atoms with van der Waals surface area (Å²) >= 11 is 0. The Labute approximate surface area is 242 Å². The fourth-order valence-corrected chi connectivity index (χ4v) is 5.10. The number of alkyl halides is 3. The third-order valence-corrected chi connectivity index (χ3v) is 7.28. The minimum atomic E-state index is -4.70. The van der Waals surface area contributed by atoms with Crippen LogP contribution >= 0.6 is 0 Å². The van der Waals surface area contributed by atoms with Crippen LogP contribution in [0.15, 0.2) is 48.8 Å². The number of amides is 3. The molecular formula is C28H28F4N8O3. The summed E-state index contributed by atoms with van der Waals surface area (Å²) in [4.78, 5) is 32.2. The lowest BCUT2D eigenvalue weighted by Crippen LogP contribution is -2.47. The van der Waals surface area contributed by atoms with Gasteiger partial charge in [-0.15, -0.1) is 0 Å². The molecule has 0 atom stereocenters. The molecule has 0 aliphatic carbocycles. The van der Waals surface area contributed by atoms with Crippen LogP contribution in [0.1, 0.15) is 23.7 Å². The predicted octanol–water partition coefficient (Wildman–Crippen LogP) is 3.94. The Morgan fingerprint density at radius 1 is 1.05 bits per heavy atom. The number of piperazine rings is 1. The number of nitrogens with one attached hydrogen (secondary N) is 2. The SMILES string of the molecule is CC(=O)N1CCN(Cc2c(CO)c(-c3ccc(NC(=O)Nc4cc(C(F)(F)F)ccc4F)cc3)c3c(N)ncnn23)CC1. The monoisotopic (exact) mass is 600 g/mol. The van der Waals surface area contributed by atoms with Gasteiger partial charge in [0.1, 0.15) is 17.7 Å². The molecule has 1 fully saturated rings. The van der Waals surface area contributed by atoms with Gasteiger partial charge in [0.15, 0.2) is 5.82 Å². The molecule has 0 unspecified atom stereocenters. The van der Waals surface area contributed by atoms with Crippen molar-refractivity contribution in [3.63, 3.8) is 0 Å². The van der Waals surface area contributed by atoms with Gasteiger partial charge >= 0.3 is 12.2 Å². The van der Waals surface area contributed by atoms with E-state index in [2.05, 4.69) is 25.6 Å². The summed E-state index contributed by atoms with van der Waals surface area (Å²) in [6, 6.07) is 7.20. The second-order valence-electron chi connectivity index (χ2n) is 10.00. The average Bonchev–Trinajstić information content (AvgIpc) is 3.28. The number of rotatable bonds is 6. The molecular weight excluding hydrogens is 572 g/mol. The molecule has 4 aromatic rings. The standard InChI is InChI=1S/C28H28F4N8O3/c1-16(42)39-10-8-38(9-11-39)13-23-20(14-41)24(25-26(33)34-15-35-40(23)25)17-2-5-19(6-3-17)36-27(43)37-22-12-18(28(30,31)32)4-7-21(22)29/h2-7,12,15,41H,8-11,13-14H2,1H3,(H2,33,34,35)(H2,36,37,43). The minimum absolute atomic E-state index is 0.0184. The lowest BCUT2D eigenvalue weighted by atomic mass is 10.0. The quantitative estimate of drug-likeness (QED) is 0.246. The van der Waals surface area contributed by atoms with Gasteiger partial charge in [-0.1, -0.05) is 12.1 Å². The van der Waals surface area contributed by atoms with Crippen LogP contribution in [0.4, 0.5) is 39.5 Å². The normalized spacial score (nSPS) is 14.2. The number of fused-ring (bicyclic) bond motifs is 1. The van der Waals surface area contributed by atoms with E-state index in [1.165, 1.54) is 13.3 Å². The number of nitrogens with two attached hydrogens (primary N) is 1. The molecule has 2 aromatic heterocycles. The van der Waals surface area contributed by atoms with Crippen molar-refractivity contribution in [3.05, 3.63) is 71.4 Å². The van der Waals surface area contributed by atoms with Crippen LogP contribution in [0.3, 0.4) is 0 Å². The first-order chi connectivity index (χ1) is 20.5. The fraction of sp³-hybridized carbons (Fsp3) is 0.286. The first kappa shape index (κ1) is 29.7. The van der Waals surface area contributed by atoms with Crippen molar-refractivity contribution < 1.29 is 32.3 Å². The van der Waals surface area contributed by atoms with Gasteiger partial charge < -0.3 is 26.4 Å². The van der Waals surface area contributed by atoms with Gasteiger partial charge in [0.25, 0.3) is 0 Å². The number of carbonyl (C=O) groups is 2. The number of aromatic nitrogens is 3. The van der Waals surface area contributed by atoms with Crippen LogP contribution in [-0.4, -0.2) is 67.6 Å². The molecule has 0 radical (unpaired) electrons. The molecule has 1 saturated heterocycles. The second-order valence-corrected chi connectivity index (χ2v) is 10.00. The van der Waals surface area contributed by atoms with E-state index in [1.54, 1.807) is 33.7 Å². The Bertz CT molecular complexity index is 1670. The lowest BCUT2D eigenvalue weighted by molar-refractivity contribution is -0.137. The first-order valence-corrected chi connectivity index (χ1v) is 13.2. The minimum Gasteiger partial charge on any atom is -0.392 e. The highest BCUT2D eigenvalue weighted by Crippen LogP contribution is 2.37. The topological polar surface area (TPSA) is 141 Å². The van der Waals surface area contributed by atoms with Crippen molar-refractivity contribution >= 4 is 34.6 Å². The number of benzene rings is 2. The zero-order valence-electron chi connectivity index (χ0n) is 23.0. The molecule has 15 heteroatoms. The van der Waals surface area contributed by atoms with Gasteiger partial charge in [-0.3, -0.25) is 9.69 Å². The van der Waals surface area contributed by atoms with E-state index in [9.17, 15) is 32.3 Å². The maximum absolute atomic E-state index is 14.1. The molecule has 226 valence electrons. The van der Waals surface area contributed by atoms with E-state index >= 15 is 0 Å². The van der Waals surface area contributed by atoms with Gasteiger partial charge in [0, 0.05) is 56.5 Å². The summed E-state index contributed by atoms with van der Waals surface area (Å²) in [6.07, 6.45) is -3.38. The Morgan fingerprint density at radius 3 is 2.37 bits per heavy atom.